The molecule has 2 N–H and O–H groups in total. The summed E-state index contributed by atoms with van der Waals surface area (Å²) >= 11 is 0. The first-order valence-electron chi connectivity index (χ1n) is 6.50. The molecule has 16 heavy (non-hydrogen) atoms. The van der Waals surface area contributed by atoms with Crippen molar-refractivity contribution in [1.82, 2.24) is 9.80 Å². The zero-order valence-corrected chi connectivity index (χ0v) is 10.7. The van der Waals surface area contributed by atoms with Gasteiger partial charge in [-0.15, -0.1) is 0 Å². The standard InChI is InChI=1S/C12H27N3O/c1-16-12-11-15(8-4-5-13)10-9-14-6-2-3-7-14/h2-13H2,1H3. The van der Waals surface area contributed by atoms with Crippen LogP contribution in [0.2, 0.25) is 0 Å². The topological polar surface area (TPSA) is 41.7 Å². The van der Waals surface area contributed by atoms with Crippen LogP contribution in [0.25, 0.3) is 0 Å². The lowest BCUT2D eigenvalue weighted by Crippen LogP contribution is -2.36. The molecule has 1 aliphatic heterocycles. The summed E-state index contributed by atoms with van der Waals surface area (Å²) in [5.74, 6) is 0. The number of hydrogen-bond acceptors (Lipinski definition) is 4. The molecule has 4 nitrogen and oxygen atoms in total. The first-order valence-corrected chi connectivity index (χ1v) is 6.50. The Labute approximate surface area is 99.7 Å². The van der Waals surface area contributed by atoms with Crippen LogP contribution in [0.15, 0.2) is 0 Å². The average molecular weight is 229 g/mol. The number of likely N-dealkylation sites (tertiary alicyclic amines) is 1. The molecule has 0 aromatic rings. The van der Waals surface area contributed by atoms with Gasteiger partial charge in [-0.2, -0.15) is 0 Å². The number of ether oxygens (including phenoxy) is 1. The second-order valence-corrected chi connectivity index (χ2v) is 4.53. The van der Waals surface area contributed by atoms with Gasteiger partial charge in [-0.3, -0.25) is 4.90 Å². The molecule has 0 aromatic heterocycles. The molecular formula is C12H27N3O. The number of rotatable bonds is 9. The van der Waals surface area contributed by atoms with E-state index in [1.54, 1.807) is 7.11 Å². The minimum absolute atomic E-state index is 0.785. The zero-order chi connectivity index (χ0) is 11.6. The molecule has 0 spiro atoms. The van der Waals surface area contributed by atoms with Crippen LogP contribution in [0.5, 0.6) is 0 Å². The molecule has 0 radical (unpaired) electrons. The van der Waals surface area contributed by atoms with E-state index >= 15 is 0 Å². The van der Waals surface area contributed by atoms with E-state index in [0.717, 1.165) is 39.2 Å². The Hall–Kier alpha value is -0.160. The molecule has 1 rings (SSSR count). The summed E-state index contributed by atoms with van der Waals surface area (Å²) in [5.41, 5.74) is 5.56. The SMILES string of the molecule is COCCN(CCCN)CCN1CCCC1. The van der Waals surface area contributed by atoms with Crippen LogP contribution in [0, 0.1) is 0 Å². The fraction of sp³-hybridized carbons (Fsp3) is 1.00. The van der Waals surface area contributed by atoms with E-state index in [4.69, 9.17) is 10.5 Å². The summed E-state index contributed by atoms with van der Waals surface area (Å²) in [6.45, 7) is 8.68. The number of nitrogens with two attached hydrogens (primary N) is 1. The Morgan fingerprint density at radius 2 is 1.94 bits per heavy atom. The van der Waals surface area contributed by atoms with E-state index in [1.165, 1.54) is 32.5 Å². The summed E-state index contributed by atoms with van der Waals surface area (Å²) in [6, 6.07) is 0. The average Bonchev–Trinajstić information content (AvgIpc) is 2.81. The lowest BCUT2D eigenvalue weighted by molar-refractivity contribution is 0.139. The van der Waals surface area contributed by atoms with Gasteiger partial charge in [-0.05, 0) is 45.4 Å². The van der Waals surface area contributed by atoms with Gasteiger partial charge in [-0.1, -0.05) is 0 Å². The monoisotopic (exact) mass is 229 g/mol. The number of methoxy groups -OCH3 is 1. The molecule has 0 saturated carbocycles. The fourth-order valence-electron chi connectivity index (χ4n) is 2.16. The Bertz CT molecular complexity index is 152. The summed E-state index contributed by atoms with van der Waals surface area (Å²) in [4.78, 5) is 5.02. The van der Waals surface area contributed by atoms with Crippen molar-refractivity contribution in [3.05, 3.63) is 0 Å². The van der Waals surface area contributed by atoms with E-state index < -0.39 is 0 Å². The van der Waals surface area contributed by atoms with Crippen LogP contribution >= 0.6 is 0 Å². The van der Waals surface area contributed by atoms with Gasteiger partial charge in [0.2, 0.25) is 0 Å². The molecule has 96 valence electrons. The second-order valence-electron chi connectivity index (χ2n) is 4.53. The van der Waals surface area contributed by atoms with Crippen LogP contribution in [-0.2, 0) is 4.74 Å². The molecule has 0 bridgehead atoms. The van der Waals surface area contributed by atoms with Crippen molar-refractivity contribution in [2.24, 2.45) is 5.73 Å². The Morgan fingerprint density at radius 3 is 2.56 bits per heavy atom. The van der Waals surface area contributed by atoms with Gasteiger partial charge in [-0.25, -0.2) is 0 Å². The lowest BCUT2D eigenvalue weighted by Gasteiger charge is -2.24. The predicted molar refractivity (Wildman–Crippen MR) is 67.7 cm³/mol. The first kappa shape index (κ1) is 13.9. The van der Waals surface area contributed by atoms with Crippen molar-refractivity contribution in [2.45, 2.75) is 19.3 Å². The first-order chi connectivity index (χ1) is 7.86. The van der Waals surface area contributed by atoms with Gasteiger partial charge in [0.05, 0.1) is 6.61 Å². The fourth-order valence-corrected chi connectivity index (χ4v) is 2.16. The summed E-state index contributed by atoms with van der Waals surface area (Å²) in [7, 11) is 1.77. The van der Waals surface area contributed by atoms with Gasteiger partial charge in [0.25, 0.3) is 0 Å². The smallest absolute Gasteiger partial charge is 0.0589 e. The number of hydrogen-bond donors (Lipinski definition) is 1. The van der Waals surface area contributed by atoms with E-state index in [-0.39, 0.29) is 0 Å². The Morgan fingerprint density at radius 1 is 1.19 bits per heavy atom. The minimum Gasteiger partial charge on any atom is -0.383 e. The largest absolute Gasteiger partial charge is 0.383 e. The van der Waals surface area contributed by atoms with Crippen molar-refractivity contribution in [1.29, 1.82) is 0 Å². The van der Waals surface area contributed by atoms with Crippen LogP contribution in [0.1, 0.15) is 19.3 Å². The van der Waals surface area contributed by atoms with Crippen LogP contribution in [0.3, 0.4) is 0 Å². The molecule has 0 amide bonds. The Balaban J connectivity index is 2.13. The van der Waals surface area contributed by atoms with Crippen molar-refractivity contribution >= 4 is 0 Å². The van der Waals surface area contributed by atoms with E-state index in [9.17, 15) is 0 Å². The predicted octanol–water partition coefficient (Wildman–Crippen LogP) is 0.379. The highest BCUT2D eigenvalue weighted by Gasteiger charge is 2.12. The number of nitrogens with zero attached hydrogens (tertiary/aromatic N) is 2. The molecule has 0 aliphatic carbocycles. The van der Waals surface area contributed by atoms with Crippen molar-refractivity contribution in [3.63, 3.8) is 0 Å². The molecule has 1 saturated heterocycles. The maximum absolute atomic E-state index is 5.56. The summed E-state index contributed by atoms with van der Waals surface area (Å²) in [6.07, 6.45) is 3.84. The molecule has 4 heteroatoms. The van der Waals surface area contributed by atoms with E-state index in [1.807, 2.05) is 0 Å². The van der Waals surface area contributed by atoms with E-state index in [0.29, 0.717) is 0 Å². The zero-order valence-electron chi connectivity index (χ0n) is 10.7. The van der Waals surface area contributed by atoms with Crippen LogP contribution < -0.4 is 5.73 Å². The van der Waals surface area contributed by atoms with Gasteiger partial charge in [0, 0.05) is 26.7 Å². The molecule has 1 fully saturated rings. The highest BCUT2D eigenvalue weighted by Crippen LogP contribution is 2.06. The third-order valence-corrected chi connectivity index (χ3v) is 3.22. The summed E-state index contributed by atoms with van der Waals surface area (Å²) < 4.78 is 5.14. The molecule has 1 aliphatic rings. The normalized spacial score (nSPS) is 17.4. The highest BCUT2D eigenvalue weighted by atomic mass is 16.5. The van der Waals surface area contributed by atoms with Crippen LogP contribution in [0.4, 0.5) is 0 Å². The maximum atomic E-state index is 5.56. The van der Waals surface area contributed by atoms with E-state index in [2.05, 4.69) is 9.80 Å². The lowest BCUT2D eigenvalue weighted by atomic mass is 10.3. The molecule has 0 unspecified atom stereocenters. The van der Waals surface area contributed by atoms with Gasteiger partial charge >= 0.3 is 0 Å². The minimum atomic E-state index is 0.785. The van der Waals surface area contributed by atoms with Gasteiger partial charge < -0.3 is 15.4 Å². The Kier molecular flexibility index (Phi) is 7.76. The van der Waals surface area contributed by atoms with Crippen LogP contribution in [-0.4, -0.2) is 69.3 Å². The maximum Gasteiger partial charge on any atom is 0.0589 e. The molecule has 0 atom stereocenters. The van der Waals surface area contributed by atoms with Crippen molar-refractivity contribution in [2.75, 3.05) is 59.5 Å². The van der Waals surface area contributed by atoms with Gasteiger partial charge in [0.15, 0.2) is 0 Å². The second kappa shape index (κ2) is 8.93. The molecule has 1 heterocycles. The van der Waals surface area contributed by atoms with Crippen molar-refractivity contribution < 1.29 is 4.74 Å². The third-order valence-electron chi connectivity index (χ3n) is 3.22. The summed E-state index contributed by atoms with van der Waals surface area (Å²) in [5, 5.41) is 0. The van der Waals surface area contributed by atoms with Gasteiger partial charge in [0.1, 0.15) is 0 Å². The third kappa shape index (κ3) is 5.80. The molecule has 0 aromatic carbocycles. The quantitative estimate of drug-likeness (QED) is 0.621. The highest BCUT2D eigenvalue weighted by molar-refractivity contribution is 4.68. The molecular weight excluding hydrogens is 202 g/mol. The van der Waals surface area contributed by atoms with Crippen molar-refractivity contribution in [3.8, 4) is 0 Å².